The summed E-state index contributed by atoms with van der Waals surface area (Å²) in [7, 11) is 2.02. The van der Waals surface area contributed by atoms with Crippen molar-refractivity contribution >= 4 is 16.7 Å². The van der Waals surface area contributed by atoms with Crippen molar-refractivity contribution in [2.45, 2.75) is 13.0 Å². The molecule has 1 amide bonds. The summed E-state index contributed by atoms with van der Waals surface area (Å²) in [4.78, 5) is 28.2. The highest BCUT2D eigenvalue weighted by Gasteiger charge is 2.17. The van der Waals surface area contributed by atoms with Crippen LogP contribution < -0.4 is 10.9 Å². The second-order valence-electron chi connectivity index (χ2n) is 8.19. The summed E-state index contributed by atoms with van der Waals surface area (Å²) in [6.07, 6.45) is 2.05. The number of aromatic nitrogens is 1. The lowest BCUT2D eigenvalue weighted by molar-refractivity contribution is 0.0953. The first kappa shape index (κ1) is 23.3. The number of halogens is 2. The van der Waals surface area contributed by atoms with Gasteiger partial charge in [0.2, 0.25) is 0 Å². The minimum atomic E-state index is -0.884. The topological polar surface area (TPSA) is 54.3 Å². The van der Waals surface area contributed by atoms with Crippen LogP contribution in [0.3, 0.4) is 0 Å². The van der Waals surface area contributed by atoms with Gasteiger partial charge in [0.1, 0.15) is 11.6 Å². The van der Waals surface area contributed by atoms with E-state index in [2.05, 4.69) is 22.3 Å². The molecule has 174 valence electrons. The highest BCUT2D eigenvalue weighted by Crippen LogP contribution is 2.20. The second-order valence-corrected chi connectivity index (χ2v) is 8.19. The fraction of sp³-hybridized carbons (Fsp3) is 0.185. The van der Waals surface area contributed by atoms with Crippen LogP contribution in [0.1, 0.15) is 22.3 Å². The average Bonchev–Trinajstić information content (AvgIpc) is 2.83. The summed E-state index contributed by atoms with van der Waals surface area (Å²) in [5.74, 6) is -1.99. The molecule has 0 aliphatic heterocycles. The Hall–Kier alpha value is -3.84. The van der Waals surface area contributed by atoms with Crippen LogP contribution in [0.2, 0.25) is 0 Å². The molecule has 0 aliphatic carbocycles. The molecule has 1 heterocycles. The van der Waals surface area contributed by atoms with E-state index >= 15 is 0 Å². The van der Waals surface area contributed by atoms with E-state index in [1.165, 1.54) is 17.8 Å². The average molecular weight is 462 g/mol. The number of rotatable bonds is 8. The van der Waals surface area contributed by atoms with Crippen LogP contribution in [0.15, 0.2) is 83.8 Å². The standard InChI is InChI=1S/C27H25F2N3O2/c1-31(17-19-8-3-2-4-9-19)15-7-14-30-26(33)23-18-32(25-13-12-20(28)16-24(25)29)27(34)22-11-6-5-10-21(22)23/h2-6,8-13,16,18H,7,14-15,17H2,1H3,(H,30,33). The Morgan fingerprint density at radius 1 is 0.971 bits per heavy atom. The number of fused-ring (bicyclic) bond motifs is 1. The molecular formula is C27H25F2N3O2. The molecule has 0 saturated heterocycles. The summed E-state index contributed by atoms with van der Waals surface area (Å²) in [5, 5.41) is 3.65. The molecular weight excluding hydrogens is 436 g/mol. The molecule has 0 atom stereocenters. The summed E-state index contributed by atoms with van der Waals surface area (Å²) in [6, 6.07) is 19.8. The van der Waals surface area contributed by atoms with E-state index in [4.69, 9.17) is 0 Å². The Kier molecular flexibility index (Phi) is 7.13. The predicted octanol–water partition coefficient (Wildman–Crippen LogP) is 4.52. The molecule has 0 saturated carbocycles. The Balaban J connectivity index is 1.51. The van der Waals surface area contributed by atoms with Gasteiger partial charge in [0.05, 0.1) is 11.3 Å². The van der Waals surface area contributed by atoms with Gasteiger partial charge < -0.3 is 10.2 Å². The zero-order valence-corrected chi connectivity index (χ0v) is 18.8. The minimum absolute atomic E-state index is 0.117. The first-order valence-electron chi connectivity index (χ1n) is 11.0. The number of nitrogens with one attached hydrogen (secondary N) is 1. The van der Waals surface area contributed by atoms with Crippen LogP contribution in [0.5, 0.6) is 0 Å². The SMILES string of the molecule is CN(CCCNC(=O)c1cn(-c2ccc(F)cc2F)c(=O)c2ccccc12)Cc1ccccc1. The molecule has 0 unspecified atom stereocenters. The van der Waals surface area contributed by atoms with Gasteiger partial charge in [-0.3, -0.25) is 14.2 Å². The molecule has 4 rings (SSSR count). The molecule has 3 aromatic carbocycles. The van der Waals surface area contributed by atoms with E-state index < -0.39 is 17.2 Å². The Morgan fingerprint density at radius 3 is 2.41 bits per heavy atom. The lowest BCUT2D eigenvalue weighted by atomic mass is 10.1. The molecule has 0 aliphatic rings. The maximum atomic E-state index is 14.4. The van der Waals surface area contributed by atoms with Crippen molar-refractivity contribution < 1.29 is 13.6 Å². The third-order valence-corrected chi connectivity index (χ3v) is 5.64. The van der Waals surface area contributed by atoms with Crippen molar-refractivity contribution in [1.29, 1.82) is 0 Å². The normalized spacial score (nSPS) is 11.2. The molecule has 0 bridgehead atoms. The van der Waals surface area contributed by atoms with Crippen LogP contribution in [0.25, 0.3) is 16.5 Å². The summed E-state index contributed by atoms with van der Waals surface area (Å²) >= 11 is 0. The highest BCUT2D eigenvalue weighted by atomic mass is 19.1. The molecule has 4 aromatic rings. The lowest BCUT2D eigenvalue weighted by Crippen LogP contribution is -2.30. The number of pyridine rings is 1. The molecule has 0 radical (unpaired) electrons. The van der Waals surface area contributed by atoms with Crippen molar-refractivity contribution in [2.75, 3.05) is 20.1 Å². The molecule has 1 aromatic heterocycles. The maximum absolute atomic E-state index is 14.4. The predicted molar refractivity (Wildman–Crippen MR) is 129 cm³/mol. The van der Waals surface area contributed by atoms with Gasteiger partial charge in [-0.25, -0.2) is 8.78 Å². The van der Waals surface area contributed by atoms with Crippen molar-refractivity contribution in [3.8, 4) is 5.69 Å². The van der Waals surface area contributed by atoms with Gasteiger partial charge in [-0.2, -0.15) is 0 Å². The first-order valence-corrected chi connectivity index (χ1v) is 11.0. The number of benzene rings is 3. The summed E-state index contributed by atoms with van der Waals surface area (Å²) in [5.41, 5.74) is 0.862. The van der Waals surface area contributed by atoms with E-state index in [1.807, 2.05) is 25.2 Å². The monoisotopic (exact) mass is 461 g/mol. The van der Waals surface area contributed by atoms with E-state index in [-0.39, 0.29) is 22.5 Å². The largest absolute Gasteiger partial charge is 0.352 e. The minimum Gasteiger partial charge on any atom is -0.352 e. The maximum Gasteiger partial charge on any atom is 0.263 e. The molecule has 1 N–H and O–H groups in total. The fourth-order valence-corrected chi connectivity index (χ4v) is 3.95. The first-order chi connectivity index (χ1) is 16.4. The second kappa shape index (κ2) is 10.4. The van der Waals surface area contributed by atoms with E-state index in [0.29, 0.717) is 18.0 Å². The van der Waals surface area contributed by atoms with Gasteiger partial charge in [-0.05, 0) is 43.8 Å². The van der Waals surface area contributed by atoms with Gasteiger partial charge in [0, 0.05) is 36.1 Å². The number of nitrogens with zero attached hydrogens (tertiary/aromatic N) is 2. The van der Waals surface area contributed by atoms with Gasteiger partial charge in [0.15, 0.2) is 0 Å². The Labute approximate surface area is 196 Å². The van der Waals surface area contributed by atoms with Gasteiger partial charge in [-0.15, -0.1) is 0 Å². The number of amides is 1. The number of hydrogen-bond donors (Lipinski definition) is 1. The molecule has 0 spiro atoms. The highest BCUT2D eigenvalue weighted by molar-refractivity contribution is 6.06. The van der Waals surface area contributed by atoms with Crippen molar-refractivity contribution in [3.63, 3.8) is 0 Å². The van der Waals surface area contributed by atoms with E-state index in [9.17, 15) is 18.4 Å². The van der Waals surface area contributed by atoms with Crippen molar-refractivity contribution in [2.24, 2.45) is 0 Å². The quantitative estimate of drug-likeness (QED) is 0.393. The van der Waals surface area contributed by atoms with Crippen LogP contribution in [0.4, 0.5) is 8.78 Å². The van der Waals surface area contributed by atoms with Crippen molar-refractivity contribution in [3.05, 3.63) is 112 Å². The van der Waals surface area contributed by atoms with Gasteiger partial charge in [-0.1, -0.05) is 48.5 Å². The molecule has 0 fully saturated rings. The molecule has 7 heteroatoms. The van der Waals surface area contributed by atoms with Crippen LogP contribution in [-0.4, -0.2) is 35.5 Å². The van der Waals surface area contributed by atoms with E-state index in [0.717, 1.165) is 30.1 Å². The Bertz CT molecular complexity index is 1370. The lowest BCUT2D eigenvalue weighted by Gasteiger charge is -2.17. The van der Waals surface area contributed by atoms with E-state index in [1.54, 1.807) is 24.3 Å². The third kappa shape index (κ3) is 5.21. The third-order valence-electron chi connectivity index (χ3n) is 5.64. The summed E-state index contributed by atoms with van der Waals surface area (Å²) < 4.78 is 28.9. The molecule has 5 nitrogen and oxygen atoms in total. The van der Waals surface area contributed by atoms with Crippen LogP contribution in [0, 0.1) is 11.6 Å². The summed E-state index contributed by atoms with van der Waals surface area (Å²) in [6.45, 7) is 2.04. The number of hydrogen-bond acceptors (Lipinski definition) is 3. The van der Waals surface area contributed by atoms with Crippen LogP contribution in [-0.2, 0) is 6.54 Å². The van der Waals surface area contributed by atoms with Gasteiger partial charge >= 0.3 is 0 Å². The Morgan fingerprint density at radius 2 is 1.68 bits per heavy atom. The molecule has 34 heavy (non-hydrogen) atoms. The smallest absolute Gasteiger partial charge is 0.263 e. The zero-order chi connectivity index (χ0) is 24.1. The number of carbonyl (C=O) groups is 1. The van der Waals surface area contributed by atoms with Crippen molar-refractivity contribution in [1.82, 2.24) is 14.8 Å². The fourth-order valence-electron chi connectivity index (χ4n) is 3.95. The van der Waals surface area contributed by atoms with Gasteiger partial charge in [0.25, 0.3) is 11.5 Å². The van der Waals surface area contributed by atoms with Crippen LogP contribution >= 0.6 is 0 Å². The number of carbonyl (C=O) groups excluding carboxylic acids is 1. The zero-order valence-electron chi connectivity index (χ0n) is 18.8.